The van der Waals surface area contributed by atoms with Crippen LogP contribution in [0.2, 0.25) is 0 Å². The molecule has 0 fully saturated rings. The number of hydrogen-bond acceptors (Lipinski definition) is 5. The molecule has 25 heavy (non-hydrogen) atoms. The van der Waals surface area contributed by atoms with Crippen LogP contribution >= 0.6 is 0 Å². The Bertz CT molecular complexity index is 977. The molecule has 0 amide bonds. The van der Waals surface area contributed by atoms with E-state index in [0.29, 0.717) is 5.56 Å². The predicted molar refractivity (Wildman–Crippen MR) is 94.4 cm³/mol. The van der Waals surface area contributed by atoms with Gasteiger partial charge in [0.2, 0.25) is 15.9 Å². The number of carbonyl (C=O) groups excluding carboxylic acids is 1. The van der Waals surface area contributed by atoms with Crippen molar-refractivity contribution >= 4 is 28.0 Å². The van der Waals surface area contributed by atoms with Crippen LogP contribution in [-0.2, 0) is 19.6 Å². The van der Waals surface area contributed by atoms with Crippen molar-refractivity contribution in [2.45, 2.75) is 4.90 Å². The number of cyclic esters (lactones) is 1. The molecule has 2 aromatic rings. The van der Waals surface area contributed by atoms with E-state index in [0.717, 1.165) is 9.87 Å². The summed E-state index contributed by atoms with van der Waals surface area (Å²) in [5.74, 6) is -0.484. The third-order valence-electron chi connectivity index (χ3n) is 3.58. The Balaban J connectivity index is 1.97. The first-order valence-electron chi connectivity index (χ1n) is 7.48. The number of ether oxygens (including phenoxy) is 1. The van der Waals surface area contributed by atoms with Crippen LogP contribution in [0.25, 0.3) is 6.08 Å². The van der Waals surface area contributed by atoms with E-state index in [4.69, 9.17) is 4.74 Å². The van der Waals surface area contributed by atoms with Gasteiger partial charge in [0, 0.05) is 19.7 Å². The lowest BCUT2D eigenvalue weighted by atomic mass is 10.2. The highest BCUT2D eigenvalue weighted by atomic mass is 32.2. The van der Waals surface area contributed by atoms with Gasteiger partial charge in [0.1, 0.15) is 0 Å². The monoisotopic (exact) mass is 356 g/mol. The molecule has 0 bridgehead atoms. The Morgan fingerprint density at radius 1 is 1.04 bits per heavy atom. The van der Waals surface area contributed by atoms with Crippen LogP contribution in [0.5, 0.6) is 0 Å². The molecule has 1 heterocycles. The van der Waals surface area contributed by atoms with E-state index in [1.165, 1.54) is 26.2 Å². The molecule has 3 rings (SSSR count). The zero-order valence-electron chi connectivity index (χ0n) is 13.7. The fraction of sp³-hybridized carbons (Fsp3) is 0.111. The number of aliphatic imine (C=N–C) groups is 1. The fourth-order valence-electron chi connectivity index (χ4n) is 2.24. The molecule has 2 aromatic carbocycles. The highest BCUT2D eigenvalue weighted by Gasteiger charge is 2.25. The number of rotatable bonds is 4. The van der Waals surface area contributed by atoms with Gasteiger partial charge in [0.25, 0.3) is 0 Å². The maximum absolute atomic E-state index is 12.2. The van der Waals surface area contributed by atoms with Gasteiger partial charge in [-0.15, -0.1) is 0 Å². The maximum atomic E-state index is 12.2. The van der Waals surface area contributed by atoms with Gasteiger partial charge in [-0.1, -0.05) is 36.4 Å². The van der Waals surface area contributed by atoms with Crippen LogP contribution in [0.3, 0.4) is 0 Å². The molecule has 0 atom stereocenters. The zero-order chi connectivity index (χ0) is 18.0. The van der Waals surface area contributed by atoms with Crippen molar-refractivity contribution in [3.8, 4) is 0 Å². The molecule has 128 valence electrons. The standard InChI is InChI=1S/C18H16N2O4S/c1-20(2)25(22,23)15-10-6-9-14(12-15)17-19-16(18(21)24-17)11-13-7-4-3-5-8-13/h3-12H,1-2H3. The smallest absolute Gasteiger partial charge is 0.363 e. The number of sulfonamides is 1. The summed E-state index contributed by atoms with van der Waals surface area (Å²) in [4.78, 5) is 16.3. The Hall–Kier alpha value is -2.77. The van der Waals surface area contributed by atoms with Crippen molar-refractivity contribution < 1.29 is 17.9 Å². The molecule has 0 aliphatic carbocycles. The van der Waals surface area contributed by atoms with E-state index in [1.807, 2.05) is 30.3 Å². The third-order valence-corrected chi connectivity index (χ3v) is 5.39. The summed E-state index contributed by atoms with van der Waals surface area (Å²) in [6.45, 7) is 0. The molecular weight excluding hydrogens is 340 g/mol. The summed E-state index contributed by atoms with van der Waals surface area (Å²) in [5, 5.41) is 0. The van der Waals surface area contributed by atoms with E-state index < -0.39 is 16.0 Å². The second-order valence-electron chi connectivity index (χ2n) is 5.56. The number of nitrogens with zero attached hydrogens (tertiary/aromatic N) is 2. The summed E-state index contributed by atoms with van der Waals surface area (Å²) >= 11 is 0. The second kappa shape index (κ2) is 6.62. The Labute approximate surface area is 146 Å². The minimum absolute atomic E-state index is 0.0861. The minimum Gasteiger partial charge on any atom is -0.402 e. The predicted octanol–water partition coefficient (Wildman–Crippen LogP) is 2.28. The van der Waals surface area contributed by atoms with Crippen molar-refractivity contribution in [3.05, 3.63) is 71.4 Å². The number of benzene rings is 2. The van der Waals surface area contributed by atoms with Gasteiger partial charge in [-0.05, 0) is 29.8 Å². The number of hydrogen-bond donors (Lipinski definition) is 0. The second-order valence-corrected chi connectivity index (χ2v) is 7.71. The highest BCUT2D eigenvalue weighted by Crippen LogP contribution is 2.21. The molecule has 0 aromatic heterocycles. The van der Waals surface area contributed by atoms with Gasteiger partial charge in [-0.3, -0.25) is 0 Å². The molecule has 0 unspecified atom stereocenters. The van der Waals surface area contributed by atoms with Gasteiger partial charge in [0.15, 0.2) is 5.70 Å². The van der Waals surface area contributed by atoms with E-state index in [1.54, 1.807) is 18.2 Å². The maximum Gasteiger partial charge on any atom is 0.363 e. The van der Waals surface area contributed by atoms with Crippen molar-refractivity contribution in [1.82, 2.24) is 4.31 Å². The van der Waals surface area contributed by atoms with E-state index in [9.17, 15) is 13.2 Å². The van der Waals surface area contributed by atoms with Crippen molar-refractivity contribution in [1.29, 1.82) is 0 Å². The van der Waals surface area contributed by atoms with Gasteiger partial charge in [0.05, 0.1) is 4.90 Å². The lowest BCUT2D eigenvalue weighted by Gasteiger charge is -2.11. The van der Waals surface area contributed by atoms with Crippen molar-refractivity contribution in [3.63, 3.8) is 0 Å². The van der Waals surface area contributed by atoms with Crippen molar-refractivity contribution in [2.75, 3.05) is 14.1 Å². The molecule has 1 aliphatic heterocycles. The fourth-order valence-corrected chi connectivity index (χ4v) is 3.19. The summed E-state index contributed by atoms with van der Waals surface area (Å²) < 4.78 is 30.8. The van der Waals surface area contributed by atoms with E-state index >= 15 is 0 Å². The molecule has 1 aliphatic rings. The summed E-state index contributed by atoms with van der Waals surface area (Å²) in [6, 6.07) is 15.4. The minimum atomic E-state index is -3.58. The topological polar surface area (TPSA) is 76.0 Å². The Morgan fingerprint density at radius 3 is 2.44 bits per heavy atom. The van der Waals surface area contributed by atoms with Gasteiger partial charge < -0.3 is 4.74 Å². The molecule has 0 spiro atoms. The van der Waals surface area contributed by atoms with Crippen molar-refractivity contribution in [2.24, 2.45) is 4.99 Å². The third kappa shape index (κ3) is 3.52. The molecule has 0 saturated heterocycles. The molecular formula is C18H16N2O4S. The molecule has 7 heteroatoms. The quantitative estimate of drug-likeness (QED) is 0.622. The average Bonchev–Trinajstić information content (AvgIpc) is 2.96. The lowest BCUT2D eigenvalue weighted by molar-refractivity contribution is -0.129. The first kappa shape index (κ1) is 17.1. The van der Waals surface area contributed by atoms with Gasteiger partial charge >= 0.3 is 5.97 Å². The molecule has 0 saturated carbocycles. The SMILES string of the molecule is CN(C)S(=O)(=O)c1cccc(C2=NC(=Cc3ccccc3)C(=O)O2)c1. The van der Waals surface area contributed by atoms with Crippen LogP contribution in [-0.4, -0.2) is 38.7 Å². The van der Waals surface area contributed by atoms with Crippen LogP contribution in [0.15, 0.2) is 70.2 Å². The van der Waals surface area contributed by atoms with Crippen LogP contribution in [0.1, 0.15) is 11.1 Å². The average molecular weight is 356 g/mol. The normalized spacial score (nSPS) is 16.2. The number of esters is 1. The molecule has 0 N–H and O–H groups in total. The number of carbonyl (C=O) groups is 1. The zero-order valence-corrected chi connectivity index (χ0v) is 14.5. The van der Waals surface area contributed by atoms with Crippen LogP contribution in [0, 0.1) is 0 Å². The summed E-state index contributed by atoms with van der Waals surface area (Å²) in [5.41, 5.74) is 1.41. The Morgan fingerprint density at radius 2 is 1.76 bits per heavy atom. The van der Waals surface area contributed by atoms with Gasteiger partial charge in [-0.25, -0.2) is 22.5 Å². The summed E-state index contributed by atoms with van der Waals surface area (Å²) in [6.07, 6.45) is 1.62. The Kier molecular flexibility index (Phi) is 4.52. The molecule has 6 nitrogen and oxygen atoms in total. The van der Waals surface area contributed by atoms with Crippen LogP contribution in [0.4, 0.5) is 0 Å². The largest absolute Gasteiger partial charge is 0.402 e. The first-order valence-corrected chi connectivity index (χ1v) is 8.92. The van der Waals surface area contributed by atoms with Crippen LogP contribution < -0.4 is 0 Å². The summed E-state index contributed by atoms with van der Waals surface area (Å²) in [7, 11) is -0.673. The van der Waals surface area contributed by atoms with E-state index in [-0.39, 0.29) is 16.5 Å². The first-order chi connectivity index (χ1) is 11.9. The molecule has 0 radical (unpaired) electrons. The van der Waals surface area contributed by atoms with E-state index in [2.05, 4.69) is 4.99 Å². The highest BCUT2D eigenvalue weighted by molar-refractivity contribution is 7.89. The lowest BCUT2D eigenvalue weighted by Crippen LogP contribution is -2.22. The van der Waals surface area contributed by atoms with Gasteiger partial charge in [-0.2, -0.15) is 0 Å².